The van der Waals surface area contributed by atoms with Crippen molar-refractivity contribution in [2.24, 2.45) is 0 Å². The van der Waals surface area contributed by atoms with E-state index in [0.717, 1.165) is 12.8 Å². The molecule has 1 fully saturated rings. The zero-order chi connectivity index (χ0) is 12.2. The Morgan fingerprint density at radius 2 is 2.25 bits per heavy atom. The first-order valence-electron chi connectivity index (χ1n) is 5.45. The molecule has 0 amide bonds. The second-order valence-electron chi connectivity index (χ2n) is 4.21. The highest BCUT2D eigenvalue weighted by atomic mass is 32.2. The van der Waals surface area contributed by atoms with Gasteiger partial charge in [-0.3, -0.25) is 0 Å². The van der Waals surface area contributed by atoms with Gasteiger partial charge in [0.25, 0.3) is 0 Å². The van der Waals surface area contributed by atoms with Crippen molar-refractivity contribution in [3.63, 3.8) is 0 Å². The fourth-order valence-electron chi connectivity index (χ4n) is 1.78. The van der Waals surface area contributed by atoms with Crippen molar-refractivity contribution in [1.29, 1.82) is 5.26 Å². The molecule has 0 aromatic carbocycles. The summed E-state index contributed by atoms with van der Waals surface area (Å²) in [5, 5.41) is 8.62. The van der Waals surface area contributed by atoms with Gasteiger partial charge in [-0.1, -0.05) is 0 Å². The van der Waals surface area contributed by atoms with E-state index in [2.05, 4.69) is 0 Å². The van der Waals surface area contributed by atoms with Crippen LogP contribution >= 0.6 is 0 Å². The van der Waals surface area contributed by atoms with Gasteiger partial charge >= 0.3 is 0 Å². The predicted molar refractivity (Wildman–Crippen MR) is 60.2 cm³/mol. The molecule has 1 aliphatic rings. The van der Waals surface area contributed by atoms with Crippen molar-refractivity contribution in [2.45, 2.75) is 38.8 Å². The average Bonchev–Trinajstić information content (AvgIpc) is 2.65. The minimum absolute atomic E-state index is 0.00708. The van der Waals surface area contributed by atoms with Crippen LogP contribution in [0.5, 0.6) is 0 Å². The van der Waals surface area contributed by atoms with Gasteiger partial charge in [0.2, 0.25) is 10.0 Å². The normalized spacial score (nSPS) is 21.6. The third-order valence-corrected chi connectivity index (χ3v) is 4.64. The van der Waals surface area contributed by atoms with Gasteiger partial charge in [-0.25, -0.2) is 8.42 Å². The number of ether oxygens (including phenoxy) is 1. The fourth-order valence-corrected chi connectivity index (χ4v) is 3.60. The molecule has 0 spiro atoms. The smallest absolute Gasteiger partial charge is 0.217 e. The van der Waals surface area contributed by atoms with Gasteiger partial charge in [0, 0.05) is 12.6 Å². The SMILES string of the molecule is CC(C)N(CC#N)S(=O)(=O)CC1CCCO1. The first kappa shape index (κ1) is 13.4. The van der Waals surface area contributed by atoms with Crippen molar-refractivity contribution in [3.8, 4) is 6.07 Å². The van der Waals surface area contributed by atoms with E-state index in [1.807, 2.05) is 6.07 Å². The van der Waals surface area contributed by atoms with Gasteiger partial charge in [0.15, 0.2) is 0 Å². The minimum atomic E-state index is -3.38. The molecule has 0 bridgehead atoms. The topological polar surface area (TPSA) is 70.4 Å². The van der Waals surface area contributed by atoms with Gasteiger partial charge in [0.05, 0.1) is 17.9 Å². The maximum absolute atomic E-state index is 12.0. The molecule has 92 valence electrons. The Morgan fingerprint density at radius 1 is 1.56 bits per heavy atom. The van der Waals surface area contributed by atoms with Gasteiger partial charge in [-0.15, -0.1) is 0 Å². The molecule has 5 nitrogen and oxygen atoms in total. The zero-order valence-electron chi connectivity index (χ0n) is 9.72. The highest BCUT2D eigenvalue weighted by molar-refractivity contribution is 7.89. The molecule has 1 atom stereocenters. The van der Waals surface area contributed by atoms with Gasteiger partial charge in [-0.05, 0) is 26.7 Å². The Morgan fingerprint density at radius 3 is 2.69 bits per heavy atom. The van der Waals surface area contributed by atoms with Crippen molar-refractivity contribution in [2.75, 3.05) is 18.9 Å². The van der Waals surface area contributed by atoms with E-state index in [4.69, 9.17) is 10.00 Å². The second kappa shape index (κ2) is 5.62. The molecule has 0 saturated carbocycles. The number of hydrogen-bond acceptors (Lipinski definition) is 4. The molecular formula is C10H18N2O3S. The van der Waals surface area contributed by atoms with Crippen LogP contribution in [0.1, 0.15) is 26.7 Å². The van der Waals surface area contributed by atoms with E-state index in [1.165, 1.54) is 4.31 Å². The van der Waals surface area contributed by atoms with Crippen LogP contribution in [0.25, 0.3) is 0 Å². The molecular weight excluding hydrogens is 228 g/mol. The third-order valence-electron chi connectivity index (χ3n) is 2.58. The molecule has 6 heteroatoms. The first-order valence-corrected chi connectivity index (χ1v) is 7.06. The highest BCUT2D eigenvalue weighted by Gasteiger charge is 2.30. The minimum Gasteiger partial charge on any atom is -0.377 e. The van der Waals surface area contributed by atoms with Crippen LogP contribution in [-0.2, 0) is 14.8 Å². The highest BCUT2D eigenvalue weighted by Crippen LogP contribution is 2.17. The van der Waals surface area contributed by atoms with E-state index < -0.39 is 10.0 Å². The van der Waals surface area contributed by atoms with Crippen molar-refractivity contribution >= 4 is 10.0 Å². The Labute approximate surface area is 97.0 Å². The lowest BCUT2D eigenvalue weighted by molar-refractivity contribution is 0.126. The number of rotatable bonds is 5. The lowest BCUT2D eigenvalue weighted by Crippen LogP contribution is -2.41. The third kappa shape index (κ3) is 3.44. The summed E-state index contributed by atoms with van der Waals surface area (Å²) in [4.78, 5) is 0. The maximum atomic E-state index is 12.0. The number of hydrogen-bond donors (Lipinski definition) is 0. The monoisotopic (exact) mass is 246 g/mol. The molecule has 1 unspecified atom stereocenters. The van der Waals surface area contributed by atoms with Gasteiger partial charge in [0.1, 0.15) is 6.54 Å². The number of sulfonamides is 1. The van der Waals surface area contributed by atoms with Crippen LogP contribution in [-0.4, -0.2) is 43.8 Å². The van der Waals surface area contributed by atoms with Crippen LogP contribution in [0.4, 0.5) is 0 Å². The number of nitrogens with zero attached hydrogens (tertiary/aromatic N) is 2. The molecule has 16 heavy (non-hydrogen) atoms. The summed E-state index contributed by atoms with van der Waals surface area (Å²) in [5.41, 5.74) is 0. The summed E-state index contributed by atoms with van der Waals surface area (Å²) in [7, 11) is -3.38. The summed E-state index contributed by atoms with van der Waals surface area (Å²) in [6.07, 6.45) is 1.50. The Hall–Kier alpha value is -0.640. The molecule has 1 heterocycles. The van der Waals surface area contributed by atoms with Crippen LogP contribution in [0, 0.1) is 11.3 Å². The molecule has 1 aliphatic heterocycles. The maximum Gasteiger partial charge on any atom is 0.217 e. The summed E-state index contributed by atoms with van der Waals surface area (Å²) in [6.45, 7) is 4.08. The van der Waals surface area contributed by atoms with Crippen LogP contribution in [0.3, 0.4) is 0 Å². The van der Waals surface area contributed by atoms with E-state index >= 15 is 0 Å². The summed E-state index contributed by atoms with van der Waals surface area (Å²) in [6, 6.07) is 1.70. The van der Waals surface area contributed by atoms with E-state index in [0.29, 0.717) is 6.61 Å². The van der Waals surface area contributed by atoms with Gasteiger partial charge < -0.3 is 4.74 Å². The van der Waals surface area contributed by atoms with E-state index in [-0.39, 0.29) is 24.4 Å². The molecule has 0 aliphatic carbocycles. The standard InChI is InChI=1S/C10H18N2O3S/c1-9(2)12(6-5-11)16(13,14)8-10-4-3-7-15-10/h9-10H,3-4,6-8H2,1-2H3. The summed E-state index contributed by atoms with van der Waals surface area (Å²) in [5.74, 6) is -0.00708. The van der Waals surface area contributed by atoms with Crippen molar-refractivity contribution in [1.82, 2.24) is 4.31 Å². The van der Waals surface area contributed by atoms with Gasteiger partial charge in [-0.2, -0.15) is 9.57 Å². The largest absolute Gasteiger partial charge is 0.377 e. The zero-order valence-corrected chi connectivity index (χ0v) is 10.5. The Bertz CT molecular complexity index is 353. The lowest BCUT2D eigenvalue weighted by Gasteiger charge is -2.24. The van der Waals surface area contributed by atoms with Crippen molar-refractivity contribution < 1.29 is 13.2 Å². The summed E-state index contributed by atoms with van der Waals surface area (Å²) < 4.78 is 30.6. The van der Waals surface area contributed by atoms with Crippen LogP contribution in [0.2, 0.25) is 0 Å². The molecule has 0 aromatic rings. The van der Waals surface area contributed by atoms with E-state index in [9.17, 15) is 8.42 Å². The molecule has 0 aromatic heterocycles. The quantitative estimate of drug-likeness (QED) is 0.670. The first-order chi connectivity index (χ1) is 7.47. The van der Waals surface area contributed by atoms with E-state index in [1.54, 1.807) is 13.8 Å². The molecule has 1 saturated heterocycles. The lowest BCUT2D eigenvalue weighted by atomic mass is 10.3. The second-order valence-corrected chi connectivity index (χ2v) is 6.18. The fraction of sp³-hybridized carbons (Fsp3) is 0.900. The summed E-state index contributed by atoms with van der Waals surface area (Å²) >= 11 is 0. The molecule has 0 radical (unpaired) electrons. The van der Waals surface area contributed by atoms with Crippen molar-refractivity contribution in [3.05, 3.63) is 0 Å². The molecule has 1 rings (SSSR count). The Kier molecular flexibility index (Phi) is 4.71. The average molecular weight is 246 g/mol. The van der Waals surface area contributed by atoms with Crippen LogP contribution in [0.15, 0.2) is 0 Å². The predicted octanol–water partition coefficient (Wildman–Crippen LogP) is 0.729. The number of nitriles is 1. The Balaban J connectivity index is 2.69. The van der Waals surface area contributed by atoms with Crippen LogP contribution < -0.4 is 0 Å². The molecule has 0 N–H and O–H groups in total.